The minimum atomic E-state index is 0. The first kappa shape index (κ1) is 20.7. The molecule has 0 saturated heterocycles. The minimum Gasteiger partial charge on any atom is -0.353 e. The van der Waals surface area contributed by atoms with Crippen molar-refractivity contribution >= 4 is 29.9 Å². The molecule has 26 heavy (non-hydrogen) atoms. The lowest BCUT2D eigenvalue weighted by atomic mass is 10.0. The molecule has 1 saturated carbocycles. The van der Waals surface area contributed by atoms with Gasteiger partial charge in [-0.15, -0.1) is 12.4 Å². The van der Waals surface area contributed by atoms with Gasteiger partial charge in [-0.25, -0.2) is 0 Å². The maximum absolute atomic E-state index is 12.1. The minimum absolute atomic E-state index is 0. The number of halogens is 2. The van der Waals surface area contributed by atoms with Crippen LogP contribution in [0.4, 0.5) is 0 Å². The van der Waals surface area contributed by atoms with E-state index in [-0.39, 0.29) is 24.4 Å². The molecule has 1 fully saturated rings. The van der Waals surface area contributed by atoms with Gasteiger partial charge in [0.05, 0.1) is 0 Å². The molecule has 1 aromatic carbocycles. The summed E-state index contributed by atoms with van der Waals surface area (Å²) in [7, 11) is 0. The van der Waals surface area contributed by atoms with Crippen LogP contribution in [0.15, 0.2) is 28.8 Å². The van der Waals surface area contributed by atoms with Crippen molar-refractivity contribution in [3.05, 3.63) is 35.2 Å². The van der Waals surface area contributed by atoms with Crippen LogP contribution in [-0.2, 0) is 11.2 Å². The lowest BCUT2D eigenvalue weighted by molar-refractivity contribution is -0.122. The molecule has 1 aliphatic rings. The Balaban J connectivity index is 0.00000243. The van der Waals surface area contributed by atoms with Crippen LogP contribution in [0.25, 0.3) is 11.4 Å². The number of hydrogen-bond acceptors (Lipinski definition) is 5. The van der Waals surface area contributed by atoms with E-state index in [1.54, 1.807) is 12.1 Å². The average Bonchev–Trinajstić information content (AvgIpc) is 3.25. The molecule has 2 atom stereocenters. The topological polar surface area (TPSA) is 94.0 Å². The van der Waals surface area contributed by atoms with Crippen molar-refractivity contribution in [2.24, 2.45) is 11.7 Å². The van der Waals surface area contributed by atoms with Crippen molar-refractivity contribution in [3.63, 3.8) is 0 Å². The molecule has 3 rings (SSSR count). The molecule has 1 amide bonds. The second-order valence-corrected chi connectivity index (χ2v) is 6.91. The second-order valence-electron chi connectivity index (χ2n) is 6.47. The largest absolute Gasteiger partial charge is 0.353 e. The van der Waals surface area contributed by atoms with Gasteiger partial charge in [-0.1, -0.05) is 23.2 Å². The van der Waals surface area contributed by atoms with E-state index in [0.29, 0.717) is 48.5 Å². The Morgan fingerprint density at radius 2 is 2.08 bits per heavy atom. The third-order valence-electron chi connectivity index (χ3n) is 4.67. The van der Waals surface area contributed by atoms with Gasteiger partial charge in [-0.3, -0.25) is 4.79 Å². The van der Waals surface area contributed by atoms with E-state index in [2.05, 4.69) is 15.5 Å². The molecule has 8 heteroatoms. The highest BCUT2D eigenvalue weighted by molar-refractivity contribution is 6.30. The lowest BCUT2D eigenvalue weighted by Crippen LogP contribution is -2.39. The lowest BCUT2D eigenvalue weighted by Gasteiger charge is -2.19. The van der Waals surface area contributed by atoms with Crippen molar-refractivity contribution in [2.75, 3.05) is 6.54 Å². The summed E-state index contributed by atoms with van der Waals surface area (Å²) in [5.41, 5.74) is 6.60. The van der Waals surface area contributed by atoms with Gasteiger partial charge >= 0.3 is 0 Å². The molecule has 142 valence electrons. The summed E-state index contributed by atoms with van der Waals surface area (Å²) in [6, 6.07) is 7.50. The maximum atomic E-state index is 12.1. The molecule has 1 aliphatic carbocycles. The summed E-state index contributed by atoms with van der Waals surface area (Å²) in [4.78, 5) is 16.4. The third-order valence-corrected chi connectivity index (χ3v) is 4.93. The summed E-state index contributed by atoms with van der Waals surface area (Å²) < 4.78 is 5.26. The molecule has 6 nitrogen and oxygen atoms in total. The molecule has 1 heterocycles. The fourth-order valence-electron chi connectivity index (χ4n) is 3.26. The first-order chi connectivity index (χ1) is 12.2. The number of rotatable bonds is 7. The molecular formula is C18H24Cl2N4O2. The SMILES string of the molecule is Cl.NCC1CCCC1NC(=O)CCCc1nc(-c2ccc(Cl)cc2)no1. The van der Waals surface area contributed by atoms with Gasteiger partial charge in [0.1, 0.15) is 0 Å². The first-order valence-corrected chi connectivity index (χ1v) is 9.11. The number of nitrogens with one attached hydrogen (secondary N) is 1. The van der Waals surface area contributed by atoms with Crippen LogP contribution in [0.2, 0.25) is 5.02 Å². The highest BCUT2D eigenvalue weighted by Crippen LogP contribution is 2.24. The monoisotopic (exact) mass is 398 g/mol. The van der Waals surface area contributed by atoms with Gasteiger partial charge in [0.2, 0.25) is 17.6 Å². The number of carbonyl (C=O) groups excluding carboxylic acids is 1. The summed E-state index contributed by atoms with van der Waals surface area (Å²) in [5.74, 6) is 1.57. The van der Waals surface area contributed by atoms with Crippen LogP contribution < -0.4 is 11.1 Å². The van der Waals surface area contributed by atoms with Crippen LogP contribution in [0.1, 0.15) is 38.0 Å². The molecular weight excluding hydrogens is 375 g/mol. The standard InChI is InChI=1S/C18H23ClN4O2.ClH/c19-14-9-7-12(8-10-14)18-22-17(25-23-18)6-2-5-16(24)21-15-4-1-3-13(15)11-20;/h7-10,13,15H,1-6,11,20H2,(H,21,24);1H. The Labute approximate surface area is 164 Å². The van der Waals surface area contributed by atoms with E-state index >= 15 is 0 Å². The van der Waals surface area contributed by atoms with Gasteiger partial charge in [0, 0.05) is 29.5 Å². The summed E-state index contributed by atoms with van der Waals surface area (Å²) in [6.07, 6.45) is 4.99. The predicted octanol–water partition coefficient (Wildman–Crippen LogP) is 3.38. The molecule has 2 aromatic rings. The van der Waals surface area contributed by atoms with Crippen LogP contribution >= 0.6 is 24.0 Å². The van der Waals surface area contributed by atoms with Crippen LogP contribution in [-0.4, -0.2) is 28.6 Å². The Morgan fingerprint density at radius 3 is 2.81 bits per heavy atom. The van der Waals surface area contributed by atoms with E-state index in [0.717, 1.165) is 24.8 Å². The van der Waals surface area contributed by atoms with Crippen molar-refractivity contribution in [1.29, 1.82) is 0 Å². The first-order valence-electron chi connectivity index (χ1n) is 8.73. The van der Waals surface area contributed by atoms with E-state index in [4.69, 9.17) is 21.9 Å². The number of nitrogens with two attached hydrogens (primary N) is 1. The predicted molar refractivity (Wildman–Crippen MR) is 103 cm³/mol. The zero-order valence-electron chi connectivity index (χ0n) is 14.5. The van der Waals surface area contributed by atoms with Crippen molar-refractivity contribution < 1.29 is 9.32 Å². The molecule has 1 aromatic heterocycles. The summed E-state index contributed by atoms with van der Waals surface area (Å²) in [5, 5.41) is 7.74. The number of hydrogen-bond donors (Lipinski definition) is 2. The molecule has 0 aliphatic heterocycles. The Morgan fingerprint density at radius 1 is 1.31 bits per heavy atom. The molecule has 0 radical (unpaired) electrons. The van der Waals surface area contributed by atoms with E-state index in [1.807, 2.05) is 12.1 Å². The van der Waals surface area contributed by atoms with Crippen molar-refractivity contribution in [2.45, 2.75) is 44.6 Å². The van der Waals surface area contributed by atoms with Crippen LogP contribution in [0.3, 0.4) is 0 Å². The van der Waals surface area contributed by atoms with Gasteiger partial charge in [-0.2, -0.15) is 4.98 Å². The third kappa shape index (κ3) is 5.43. The van der Waals surface area contributed by atoms with Crippen LogP contribution in [0.5, 0.6) is 0 Å². The number of carbonyl (C=O) groups is 1. The quantitative estimate of drug-likeness (QED) is 0.745. The highest BCUT2D eigenvalue weighted by atomic mass is 35.5. The Kier molecular flexibility index (Phi) is 7.87. The summed E-state index contributed by atoms with van der Waals surface area (Å²) in [6.45, 7) is 0.639. The zero-order valence-corrected chi connectivity index (χ0v) is 16.1. The molecule has 2 unspecified atom stereocenters. The van der Waals surface area contributed by atoms with Crippen LogP contribution in [0, 0.1) is 5.92 Å². The van der Waals surface area contributed by atoms with Gasteiger partial charge in [-0.05, 0) is 56.0 Å². The van der Waals surface area contributed by atoms with Gasteiger partial charge < -0.3 is 15.6 Å². The van der Waals surface area contributed by atoms with E-state index < -0.39 is 0 Å². The van der Waals surface area contributed by atoms with E-state index in [1.165, 1.54) is 0 Å². The van der Waals surface area contributed by atoms with Crippen molar-refractivity contribution in [1.82, 2.24) is 15.5 Å². The smallest absolute Gasteiger partial charge is 0.226 e. The number of aromatic nitrogens is 2. The number of amides is 1. The molecule has 0 spiro atoms. The summed E-state index contributed by atoms with van der Waals surface area (Å²) >= 11 is 5.87. The maximum Gasteiger partial charge on any atom is 0.226 e. The highest BCUT2D eigenvalue weighted by Gasteiger charge is 2.27. The fraction of sp³-hybridized carbons (Fsp3) is 0.500. The zero-order chi connectivity index (χ0) is 17.6. The number of benzene rings is 1. The van der Waals surface area contributed by atoms with E-state index in [9.17, 15) is 4.79 Å². The normalized spacial score (nSPS) is 19.2. The van der Waals surface area contributed by atoms with Gasteiger partial charge in [0.15, 0.2) is 0 Å². The Hall–Kier alpha value is -1.63. The number of nitrogens with zero attached hydrogens (tertiary/aromatic N) is 2. The average molecular weight is 399 g/mol. The number of aryl methyl sites for hydroxylation is 1. The fourth-order valence-corrected chi connectivity index (χ4v) is 3.39. The second kappa shape index (κ2) is 9.90. The van der Waals surface area contributed by atoms with Gasteiger partial charge in [0.25, 0.3) is 0 Å². The molecule has 3 N–H and O–H groups in total. The Bertz CT molecular complexity index is 705. The molecule has 0 bridgehead atoms. The van der Waals surface area contributed by atoms with Crippen molar-refractivity contribution in [3.8, 4) is 11.4 Å².